The van der Waals surface area contributed by atoms with Gasteiger partial charge in [0.1, 0.15) is 0 Å². The lowest BCUT2D eigenvalue weighted by Crippen LogP contribution is -2.35. The number of anilines is 1. The molecule has 0 fully saturated rings. The van der Waals surface area contributed by atoms with E-state index in [1.54, 1.807) is 24.3 Å². The van der Waals surface area contributed by atoms with Gasteiger partial charge in [-0.05, 0) is 55.5 Å². The van der Waals surface area contributed by atoms with Gasteiger partial charge in [0, 0.05) is 11.9 Å². The van der Waals surface area contributed by atoms with Crippen molar-refractivity contribution in [3.8, 4) is 0 Å². The lowest BCUT2D eigenvalue weighted by atomic mass is 10.1. The van der Waals surface area contributed by atoms with Crippen LogP contribution in [0.3, 0.4) is 0 Å². The number of nitrogens with zero attached hydrogens (tertiary/aromatic N) is 1. The highest BCUT2D eigenvalue weighted by molar-refractivity contribution is 7.98. The lowest BCUT2D eigenvalue weighted by Gasteiger charge is -2.18. The second kappa shape index (κ2) is 8.03. The van der Waals surface area contributed by atoms with Gasteiger partial charge in [-0.25, -0.2) is 8.42 Å². The number of likely N-dealkylation sites (N-methyl/N-ethyl adjacent to an activating group) is 1. The summed E-state index contributed by atoms with van der Waals surface area (Å²) in [5.41, 5.74) is 2.60. The van der Waals surface area contributed by atoms with Crippen molar-refractivity contribution < 1.29 is 13.2 Å². The average molecular weight is 379 g/mol. The number of nitrogens with one attached hydrogen (secondary N) is 1. The maximum absolute atomic E-state index is 12.6. The number of carbonyl (C=O) groups is 1. The van der Waals surface area contributed by atoms with Gasteiger partial charge in [0.2, 0.25) is 15.9 Å². The summed E-state index contributed by atoms with van der Waals surface area (Å²) in [6.07, 6.45) is 1.92. The number of carbonyl (C=O) groups excluding carboxylic acids is 1. The van der Waals surface area contributed by atoms with Gasteiger partial charge in [-0.3, -0.25) is 4.79 Å². The molecule has 0 aliphatic heterocycles. The molecule has 0 aliphatic carbocycles. The number of para-hydroxylation sites is 1. The third-order valence-corrected chi connectivity index (χ3v) is 6.53. The second-order valence-corrected chi connectivity index (χ2v) is 8.65. The molecule has 0 bridgehead atoms. The summed E-state index contributed by atoms with van der Waals surface area (Å²) in [5, 5.41) is 2.77. The molecule has 1 N–H and O–H groups in total. The van der Waals surface area contributed by atoms with Crippen molar-refractivity contribution in [3.05, 3.63) is 53.6 Å². The van der Waals surface area contributed by atoms with E-state index in [0.717, 1.165) is 20.3 Å². The lowest BCUT2D eigenvalue weighted by molar-refractivity contribution is -0.116. The molecule has 2 aromatic rings. The first-order chi connectivity index (χ1) is 11.8. The van der Waals surface area contributed by atoms with Crippen LogP contribution in [0.5, 0.6) is 0 Å². The van der Waals surface area contributed by atoms with Crippen LogP contribution in [0.15, 0.2) is 52.3 Å². The first-order valence-electron chi connectivity index (χ1n) is 7.72. The van der Waals surface area contributed by atoms with Crippen LogP contribution in [0.25, 0.3) is 0 Å². The molecule has 0 saturated heterocycles. The van der Waals surface area contributed by atoms with E-state index in [2.05, 4.69) is 5.32 Å². The van der Waals surface area contributed by atoms with Crippen LogP contribution < -0.4 is 5.32 Å². The van der Waals surface area contributed by atoms with Gasteiger partial charge in [-0.1, -0.05) is 18.2 Å². The summed E-state index contributed by atoms with van der Waals surface area (Å²) in [5.74, 6) is -0.378. The molecule has 0 radical (unpaired) electrons. The molecule has 1 amide bonds. The Labute approximate surface area is 153 Å². The smallest absolute Gasteiger partial charge is 0.243 e. The SMILES string of the molecule is CSc1ccccc1NC(=O)CN(C)S(=O)(=O)c1ccc(C)c(C)c1. The first-order valence-corrected chi connectivity index (χ1v) is 10.4. The summed E-state index contributed by atoms with van der Waals surface area (Å²) >= 11 is 1.52. The van der Waals surface area contributed by atoms with E-state index in [1.807, 2.05) is 38.3 Å². The zero-order valence-electron chi connectivity index (χ0n) is 14.7. The van der Waals surface area contributed by atoms with Gasteiger partial charge in [0.05, 0.1) is 17.1 Å². The van der Waals surface area contributed by atoms with Crippen LogP contribution >= 0.6 is 11.8 Å². The zero-order chi connectivity index (χ0) is 18.6. The molecule has 0 aliphatic rings. The van der Waals surface area contributed by atoms with Gasteiger partial charge < -0.3 is 5.32 Å². The monoisotopic (exact) mass is 378 g/mol. The van der Waals surface area contributed by atoms with Crippen LogP contribution in [0.1, 0.15) is 11.1 Å². The molecule has 0 saturated carbocycles. The number of thioether (sulfide) groups is 1. The minimum absolute atomic E-state index is 0.190. The minimum Gasteiger partial charge on any atom is -0.324 e. The minimum atomic E-state index is -3.71. The van der Waals surface area contributed by atoms with Crippen molar-refractivity contribution in [1.29, 1.82) is 0 Å². The van der Waals surface area contributed by atoms with Crippen molar-refractivity contribution >= 4 is 33.4 Å². The Morgan fingerprint density at radius 3 is 2.44 bits per heavy atom. The van der Waals surface area contributed by atoms with Gasteiger partial charge in [0.15, 0.2) is 0 Å². The van der Waals surface area contributed by atoms with Gasteiger partial charge in [-0.15, -0.1) is 11.8 Å². The Morgan fingerprint density at radius 1 is 1.12 bits per heavy atom. The second-order valence-electron chi connectivity index (χ2n) is 5.76. The maximum atomic E-state index is 12.6. The predicted octanol–water partition coefficient (Wildman–Crippen LogP) is 3.28. The van der Waals surface area contributed by atoms with Crippen LogP contribution in [0.2, 0.25) is 0 Å². The van der Waals surface area contributed by atoms with Crippen molar-refractivity contribution in [2.45, 2.75) is 23.6 Å². The van der Waals surface area contributed by atoms with E-state index in [9.17, 15) is 13.2 Å². The van der Waals surface area contributed by atoms with E-state index in [1.165, 1.54) is 18.8 Å². The number of hydrogen-bond donors (Lipinski definition) is 1. The molecule has 5 nitrogen and oxygen atoms in total. The van der Waals surface area contributed by atoms with Crippen molar-refractivity contribution in [1.82, 2.24) is 4.31 Å². The summed E-state index contributed by atoms with van der Waals surface area (Å²) in [6, 6.07) is 12.4. The standard InChI is InChI=1S/C18H22N2O3S2/c1-13-9-10-15(11-14(13)2)25(22,23)20(3)12-18(21)19-16-7-5-6-8-17(16)24-4/h5-11H,12H2,1-4H3,(H,19,21). The molecule has 2 aromatic carbocycles. The third-order valence-electron chi connectivity index (χ3n) is 3.93. The average Bonchev–Trinajstić information content (AvgIpc) is 2.57. The maximum Gasteiger partial charge on any atom is 0.243 e. The summed E-state index contributed by atoms with van der Waals surface area (Å²) in [6.45, 7) is 3.53. The fraction of sp³-hybridized carbons (Fsp3) is 0.278. The molecule has 0 aromatic heterocycles. The number of hydrogen-bond acceptors (Lipinski definition) is 4. The van der Waals surface area contributed by atoms with Crippen molar-refractivity contribution in [2.24, 2.45) is 0 Å². The van der Waals surface area contributed by atoms with Crippen LogP contribution in [-0.4, -0.2) is 38.5 Å². The van der Waals surface area contributed by atoms with Crippen molar-refractivity contribution in [3.63, 3.8) is 0 Å². The summed E-state index contributed by atoms with van der Waals surface area (Å²) < 4.78 is 26.4. The molecule has 0 heterocycles. The van der Waals surface area contributed by atoms with Crippen molar-refractivity contribution in [2.75, 3.05) is 25.2 Å². The number of aryl methyl sites for hydroxylation is 2. The summed E-state index contributed by atoms with van der Waals surface area (Å²) in [7, 11) is -2.31. The fourth-order valence-corrected chi connectivity index (χ4v) is 4.05. The highest BCUT2D eigenvalue weighted by Crippen LogP contribution is 2.24. The molecule has 0 unspecified atom stereocenters. The molecule has 0 spiro atoms. The van der Waals surface area contributed by atoms with E-state index >= 15 is 0 Å². The largest absolute Gasteiger partial charge is 0.324 e. The normalized spacial score (nSPS) is 11.6. The van der Waals surface area contributed by atoms with E-state index < -0.39 is 10.0 Å². The molecule has 2 rings (SSSR count). The van der Waals surface area contributed by atoms with E-state index in [0.29, 0.717) is 5.69 Å². The predicted molar refractivity (Wildman–Crippen MR) is 103 cm³/mol. The number of amides is 1. The number of rotatable bonds is 6. The van der Waals surface area contributed by atoms with Gasteiger partial charge in [0.25, 0.3) is 0 Å². The molecular formula is C18H22N2O3S2. The Kier molecular flexibility index (Phi) is 6.26. The highest BCUT2D eigenvalue weighted by Gasteiger charge is 2.23. The fourth-order valence-electron chi connectivity index (χ4n) is 2.28. The Bertz CT molecular complexity index is 880. The molecule has 0 atom stereocenters. The first kappa shape index (κ1) is 19.5. The molecular weight excluding hydrogens is 356 g/mol. The Morgan fingerprint density at radius 2 is 1.80 bits per heavy atom. The highest BCUT2D eigenvalue weighted by atomic mass is 32.2. The van der Waals surface area contributed by atoms with Crippen LogP contribution in [0, 0.1) is 13.8 Å². The van der Waals surface area contributed by atoms with E-state index in [-0.39, 0.29) is 17.3 Å². The van der Waals surface area contributed by atoms with Gasteiger partial charge >= 0.3 is 0 Å². The quantitative estimate of drug-likeness (QED) is 0.784. The topological polar surface area (TPSA) is 66.5 Å². The third kappa shape index (κ3) is 4.62. The Hall–Kier alpha value is -1.83. The molecule has 25 heavy (non-hydrogen) atoms. The number of sulfonamides is 1. The van der Waals surface area contributed by atoms with Crippen LogP contribution in [-0.2, 0) is 14.8 Å². The number of benzene rings is 2. The zero-order valence-corrected chi connectivity index (χ0v) is 16.4. The summed E-state index contributed by atoms with van der Waals surface area (Å²) in [4.78, 5) is 13.4. The Balaban J connectivity index is 2.13. The molecule has 7 heteroatoms. The molecule has 134 valence electrons. The van der Waals surface area contributed by atoms with Gasteiger partial charge in [-0.2, -0.15) is 4.31 Å². The van der Waals surface area contributed by atoms with E-state index in [4.69, 9.17) is 0 Å². The van der Waals surface area contributed by atoms with Crippen LogP contribution in [0.4, 0.5) is 5.69 Å².